The molecular formula is C20H22Cl2N2O8S2. The van der Waals surface area contributed by atoms with Crippen molar-refractivity contribution in [3.05, 3.63) is 58.5 Å². The molecule has 186 valence electrons. The molecule has 4 rings (SSSR count). The molecular weight excluding hydrogens is 531 g/mol. The number of thiazole rings is 2. The van der Waals surface area contributed by atoms with E-state index in [0.717, 1.165) is 0 Å². The van der Waals surface area contributed by atoms with Crippen LogP contribution in [-0.4, -0.2) is 0 Å². The molecule has 0 fully saturated rings. The fraction of sp³-hybridized carbons (Fsp3) is 0.300. The monoisotopic (exact) mass is 552 g/mol. The minimum absolute atomic E-state index is 1.17. The van der Waals surface area contributed by atoms with Gasteiger partial charge in [0.2, 0.25) is 21.0 Å². The Morgan fingerprint density at radius 3 is 1.18 bits per heavy atom. The summed E-state index contributed by atoms with van der Waals surface area (Å²) in [5, 5.41) is 2.82. The van der Waals surface area contributed by atoms with Crippen molar-refractivity contribution in [2.45, 2.75) is 38.5 Å². The van der Waals surface area contributed by atoms with Gasteiger partial charge in [-0.1, -0.05) is 59.8 Å². The van der Waals surface area contributed by atoms with Crippen molar-refractivity contribution < 1.29 is 67.7 Å². The number of rotatable bonds is 7. The standard InChI is InChI=1S/C20H20N2S2.2ClHO4/c1(3-13-19-21-15-9-5-7-11-17(15)23-19)2-4-14-20-22-16-10-6-8-12-18(16)24-20;2*2-1(3,4)5/h5-12H,1-4,13-14H2;2*(H,2,3,4,5). The fourth-order valence-corrected chi connectivity index (χ4v) is 5.18. The van der Waals surface area contributed by atoms with Crippen LogP contribution in [0.4, 0.5) is 0 Å². The average molecular weight is 553 g/mol. The zero-order valence-corrected chi connectivity index (χ0v) is 20.8. The summed E-state index contributed by atoms with van der Waals surface area (Å²) in [6.07, 6.45) is 7.53. The van der Waals surface area contributed by atoms with Crippen LogP contribution in [0, 0.1) is 20.5 Å². The van der Waals surface area contributed by atoms with Gasteiger partial charge in [0.05, 0.1) is 0 Å². The van der Waals surface area contributed by atoms with Crippen LogP contribution in [0.1, 0.15) is 35.7 Å². The molecule has 2 aromatic heterocycles. The number of benzene rings is 2. The summed E-state index contributed by atoms with van der Waals surface area (Å²) in [4.78, 5) is 7.08. The topological polar surface area (TPSA) is 213 Å². The first-order valence-electron chi connectivity index (χ1n) is 9.91. The number of hydrogen-bond donors (Lipinski definition) is 0. The molecule has 0 saturated carbocycles. The van der Waals surface area contributed by atoms with Gasteiger partial charge in [-0.15, -0.1) is 20.5 Å². The lowest BCUT2D eigenvalue weighted by Crippen LogP contribution is -2.68. The Morgan fingerprint density at radius 2 is 0.853 bits per heavy atom. The highest BCUT2D eigenvalue weighted by atomic mass is 35.7. The van der Waals surface area contributed by atoms with Crippen LogP contribution < -0.4 is 47.2 Å². The van der Waals surface area contributed by atoms with E-state index in [1.165, 1.54) is 69.0 Å². The first kappa shape index (κ1) is 28.7. The zero-order chi connectivity index (χ0) is 25.2. The molecule has 0 saturated heterocycles. The molecule has 10 nitrogen and oxygen atoms in total. The van der Waals surface area contributed by atoms with E-state index >= 15 is 0 Å². The Hall–Kier alpha value is -1.52. The van der Waals surface area contributed by atoms with E-state index in [4.69, 9.17) is 37.3 Å². The minimum Gasteiger partial charge on any atom is -0.222 e. The van der Waals surface area contributed by atoms with Gasteiger partial charge in [-0.2, -0.15) is 9.97 Å². The molecule has 0 aliphatic rings. The summed E-state index contributed by atoms with van der Waals surface area (Å²) in [6, 6.07) is 17.1. The molecule has 0 radical (unpaired) electrons. The Balaban J connectivity index is 0.000000347. The van der Waals surface area contributed by atoms with Crippen molar-refractivity contribution >= 4 is 43.1 Å². The summed E-state index contributed by atoms with van der Waals surface area (Å²) in [6.45, 7) is 0. The normalized spacial score (nSPS) is 11.6. The highest BCUT2D eigenvalue weighted by Crippen LogP contribution is 2.21. The molecule has 0 aliphatic carbocycles. The maximum absolute atomic E-state index is 8.49. The predicted octanol–water partition coefficient (Wildman–Crippen LogP) is -4.42. The van der Waals surface area contributed by atoms with Crippen LogP contribution in [0.25, 0.3) is 20.4 Å². The highest BCUT2D eigenvalue weighted by Gasteiger charge is 2.11. The number of para-hydroxylation sites is 2. The van der Waals surface area contributed by atoms with Gasteiger partial charge in [0.25, 0.3) is 0 Å². The zero-order valence-electron chi connectivity index (χ0n) is 17.7. The molecule has 0 amide bonds. The van der Waals surface area contributed by atoms with Gasteiger partial charge in [0.1, 0.15) is 9.40 Å². The number of H-pyrrole nitrogens is 2. The van der Waals surface area contributed by atoms with E-state index in [1.54, 1.807) is 0 Å². The van der Waals surface area contributed by atoms with Crippen molar-refractivity contribution in [2.24, 2.45) is 0 Å². The Kier molecular flexibility index (Phi) is 11.4. The van der Waals surface area contributed by atoms with Crippen LogP contribution in [-0.2, 0) is 12.8 Å². The van der Waals surface area contributed by atoms with Crippen LogP contribution in [0.5, 0.6) is 0 Å². The maximum Gasteiger partial charge on any atom is 0.236 e. The van der Waals surface area contributed by atoms with Gasteiger partial charge in [-0.3, -0.25) is 0 Å². The van der Waals surface area contributed by atoms with E-state index in [0.29, 0.717) is 0 Å². The average Bonchev–Trinajstić information content (AvgIpc) is 3.31. The number of aryl methyl sites for hydroxylation is 2. The molecule has 0 bridgehead atoms. The molecule has 0 atom stereocenters. The van der Waals surface area contributed by atoms with Crippen molar-refractivity contribution in [3.63, 3.8) is 0 Å². The van der Waals surface area contributed by atoms with E-state index in [1.807, 2.05) is 22.7 Å². The Labute approximate surface area is 207 Å². The van der Waals surface area contributed by atoms with E-state index in [-0.39, 0.29) is 0 Å². The third-order valence-corrected chi connectivity index (χ3v) is 6.60. The third kappa shape index (κ3) is 12.8. The molecule has 2 heterocycles. The summed E-state index contributed by atoms with van der Waals surface area (Å²) >= 11 is 3.80. The van der Waals surface area contributed by atoms with Gasteiger partial charge in [-0.25, -0.2) is 37.3 Å². The predicted molar refractivity (Wildman–Crippen MR) is 103 cm³/mol. The van der Waals surface area contributed by atoms with Gasteiger partial charge in [-0.05, 0) is 25.0 Å². The first-order chi connectivity index (χ1) is 15.9. The largest absolute Gasteiger partial charge is 0.236 e. The smallest absolute Gasteiger partial charge is 0.222 e. The summed E-state index contributed by atoms with van der Waals surface area (Å²) in [5.74, 6) is 0. The Morgan fingerprint density at radius 1 is 0.529 bits per heavy atom. The quantitative estimate of drug-likeness (QED) is 0.203. The van der Waals surface area contributed by atoms with Crippen molar-refractivity contribution in [3.8, 4) is 0 Å². The first-order valence-corrected chi connectivity index (χ1v) is 14.0. The van der Waals surface area contributed by atoms with Gasteiger partial charge in [0.15, 0.2) is 0 Å². The molecule has 0 unspecified atom stereocenters. The third-order valence-electron chi connectivity index (χ3n) is 4.35. The van der Waals surface area contributed by atoms with Crippen LogP contribution >= 0.6 is 22.7 Å². The van der Waals surface area contributed by atoms with Gasteiger partial charge in [0, 0.05) is 25.0 Å². The van der Waals surface area contributed by atoms with Crippen molar-refractivity contribution in [1.29, 1.82) is 0 Å². The maximum atomic E-state index is 8.49. The SMILES string of the molecule is [O-][Cl+3]([O-])([O-])[O-].[O-][Cl+3]([O-])([O-])[O-].c1ccc2sc(CCCCCCc3[nH+]c4ccccc4s3)[nH+]c2c1. The number of unbranched alkanes of at least 4 members (excludes halogenated alkanes) is 3. The van der Waals surface area contributed by atoms with Crippen LogP contribution in [0.15, 0.2) is 48.5 Å². The lowest BCUT2D eigenvalue weighted by Gasteiger charge is -2.17. The molecule has 14 heteroatoms. The minimum atomic E-state index is -4.94. The second-order valence-electron chi connectivity index (χ2n) is 6.96. The molecule has 2 N–H and O–H groups in total. The number of aromatic nitrogens is 2. The van der Waals surface area contributed by atoms with Crippen molar-refractivity contribution in [2.75, 3.05) is 0 Å². The Bertz CT molecular complexity index is 977. The van der Waals surface area contributed by atoms with E-state index in [9.17, 15) is 0 Å². The second kappa shape index (κ2) is 13.5. The van der Waals surface area contributed by atoms with Gasteiger partial charge >= 0.3 is 0 Å². The highest BCUT2D eigenvalue weighted by molar-refractivity contribution is 7.18. The van der Waals surface area contributed by atoms with Crippen molar-refractivity contribution in [1.82, 2.24) is 0 Å². The van der Waals surface area contributed by atoms with Gasteiger partial charge < -0.3 is 0 Å². The molecule has 4 aromatic rings. The fourth-order valence-electron chi connectivity index (χ4n) is 3.09. The number of aromatic amines is 2. The molecule has 2 aromatic carbocycles. The lowest BCUT2D eigenvalue weighted by atomic mass is 10.1. The molecule has 34 heavy (non-hydrogen) atoms. The number of hydrogen-bond acceptors (Lipinski definition) is 10. The van der Waals surface area contributed by atoms with E-state index in [2.05, 4.69) is 58.5 Å². The number of nitrogens with one attached hydrogen (secondary N) is 2. The summed E-state index contributed by atoms with van der Waals surface area (Å²) in [5.41, 5.74) is 2.55. The summed E-state index contributed by atoms with van der Waals surface area (Å²) in [7, 11) is -9.89. The lowest BCUT2D eigenvalue weighted by molar-refractivity contribution is -2.00. The molecule has 0 spiro atoms. The molecule has 0 aliphatic heterocycles. The summed E-state index contributed by atoms with van der Waals surface area (Å²) < 4.78 is 70.7. The second-order valence-corrected chi connectivity index (χ2v) is 10.7. The number of fused-ring (bicyclic) bond motifs is 2. The van der Waals surface area contributed by atoms with Crippen LogP contribution in [0.2, 0.25) is 0 Å². The number of halogens is 2. The van der Waals surface area contributed by atoms with E-state index < -0.39 is 20.5 Å². The van der Waals surface area contributed by atoms with Crippen LogP contribution in [0.3, 0.4) is 0 Å².